The smallest absolute Gasteiger partial charge is 0.318 e. The van der Waals surface area contributed by atoms with Gasteiger partial charge < -0.3 is 10.2 Å². The number of hydrogen-bond acceptors (Lipinski definition) is 1. The molecular formula is C15H17FN2O. The third-order valence-corrected chi connectivity index (χ3v) is 4.00. The van der Waals surface area contributed by atoms with Crippen molar-refractivity contribution in [2.45, 2.75) is 37.8 Å². The molecule has 2 fully saturated rings. The van der Waals surface area contributed by atoms with E-state index < -0.39 is 0 Å². The molecule has 2 aliphatic heterocycles. The lowest BCUT2D eigenvalue weighted by Gasteiger charge is -2.35. The summed E-state index contributed by atoms with van der Waals surface area (Å²) in [6.45, 7) is 4.04. The summed E-state index contributed by atoms with van der Waals surface area (Å²) < 4.78 is 12.8. The summed E-state index contributed by atoms with van der Waals surface area (Å²) in [6, 6.07) is 6.35. The second-order valence-electron chi connectivity index (χ2n) is 5.39. The highest BCUT2D eigenvalue weighted by molar-refractivity contribution is 5.90. The maximum Gasteiger partial charge on any atom is 0.322 e. The van der Waals surface area contributed by atoms with Gasteiger partial charge in [0, 0.05) is 17.8 Å². The molecule has 2 saturated heterocycles. The number of fused-ring (bicyclic) bond motifs is 2. The van der Waals surface area contributed by atoms with Crippen LogP contribution in [0.1, 0.15) is 25.7 Å². The first-order chi connectivity index (χ1) is 9.13. The molecular weight excluding hydrogens is 243 g/mol. The van der Waals surface area contributed by atoms with Gasteiger partial charge in [-0.05, 0) is 49.9 Å². The second kappa shape index (κ2) is 4.68. The van der Waals surface area contributed by atoms with E-state index in [-0.39, 0.29) is 23.9 Å². The van der Waals surface area contributed by atoms with Gasteiger partial charge in [-0.3, -0.25) is 0 Å². The standard InChI is InChI=1S/C15H17FN2O/c1-10-8-13-6-7-14(9-10)18(13)15(19)17-12-4-2-11(16)3-5-12/h2-5,13-14H,1,6-9H2,(H,17,19). The highest BCUT2D eigenvalue weighted by atomic mass is 19.1. The fourth-order valence-electron chi connectivity index (χ4n) is 3.16. The Balaban J connectivity index is 1.71. The van der Waals surface area contributed by atoms with Crippen LogP contribution in [0.15, 0.2) is 36.4 Å². The van der Waals surface area contributed by atoms with E-state index in [0.717, 1.165) is 25.7 Å². The topological polar surface area (TPSA) is 32.3 Å². The van der Waals surface area contributed by atoms with Gasteiger partial charge in [-0.25, -0.2) is 9.18 Å². The van der Waals surface area contributed by atoms with Gasteiger partial charge in [-0.15, -0.1) is 0 Å². The number of benzene rings is 1. The number of carbonyl (C=O) groups excluding carboxylic acids is 1. The molecule has 0 aromatic heterocycles. The zero-order chi connectivity index (χ0) is 13.4. The Kier molecular flexibility index (Phi) is 3.01. The summed E-state index contributed by atoms with van der Waals surface area (Å²) in [6.07, 6.45) is 3.93. The summed E-state index contributed by atoms with van der Waals surface area (Å²) >= 11 is 0. The SMILES string of the molecule is C=C1CC2CCC(C1)N2C(=O)Nc1ccc(F)cc1. The Labute approximate surface area is 112 Å². The van der Waals surface area contributed by atoms with Gasteiger partial charge in [0.2, 0.25) is 0 Å². The molecule has 2 unspecified atom stereocenters. The van der Waals surface area contributed by atoms with Gasteiger partial charge in [0.25, 0.3) is 0 Å². The molecule has 0 spiro atoms. The lowest BCUT2D eigenvalue weighted by Crippen LogP contribution is -2.46. The van der Waals surface area contributed by atoms with E-state index in [9.17, 15) is 9.18 Å². The number of urea groups is 1. The van der Waals surface area contributed by atoms with Crippen molar-refractivity contribution in [1.29, 1.82) is 0 Å². The average molecular weight is 260 g/mol. The Morgan fingerprint density at radius 1 is 1.21 bits per heavy atom. The van der Waals surface area contributed by atoms with E-state index >= 15 is 0 Å². The number of rotatable bonds is 1. The van der Waals surface area contributed by atoms with Gasteiger partial charge in [-0.2, -0.15) is 0 Å². The zero-order valence-electron chi connectivity index (χ0n) is 10.7. The van der Waals surface area contributed by atoms with Crippen LogP contribution in [0, 0.1) is 5.82 Å². The predicted octanol–water partition coefficient (Wildman–Crippen LogP) is 3.54. The molecule has 0 saturated carbocycles. The molecule has 1 aromatic rings. The van der Waals surface area contributed by atoms with Crippen molar-refractivity contribution in [1.82, 2.24) is 4.90 Å². The molecule has 2 bridgehead atoms. The van der Waals surface area contributed by atoms with Crippen molar-refractivity contribution in [3.63, 3.8) is 0 Å². The number of amides is 2. The zero-order valence-corrected chi connectivity index (χ0v) is 10.7. The fraction of sp³-hybridized carbons (Fsp3) is 0.400. The molecule has 19 heavy (non-hydrogen) atoms. The van der Waals surface area contributed by atoms with E-state index in [1.54, 1.807) is 12.1 Å². The van der Waals surface area contributed by atoms with Crippen LogP contribution in [0.2, 0.25) is 0 Å². The lowest BCUT2D eigenvalue weighted by molar-refractivity contribution is 0.174. The number of carbonyl (C=O) groups is 1. The van der Waals surface area contributed by atoms with Crippen LogP contribution in [0.25, 0.3) is 0 Å². The maximum absolute atomic E-state index is 12.8. The van der Waals surface area contributed by atoms with Crippen molar-refractivity contribution >= 4 is 11.7 Å². The largest absolute Gasteiger partial charge is 0.322 e. The van der Waals surface area contributed by atoms with Crippen molar-refractivity contribution in [2.24, 2.45) is 0 Å². The Bertz CT molecular complexity index is 495. The maximum atomic E-state index is 12.8. The Morgan fingerprint density at radius 2 is 1.79 bits per heavy atom. The minimum atomic E-state index is -0.299. The van der Waals surface area contributed by atoms with E-state index in [1.807, 2.05) is 4.90 Å². The fourth-order valence-corrected chi connectivity index (χ4v) is 3.16. The molecule has 3 nitrogen and oxygen atoms in total. The van der Waals surface area contributed by atoms with Crippen LogP contribution in [-0.2, 0) is 0 Å². The van der Waals surface area contributed by atoms with E-state index in [1.165, 1.54) is 17.7 Å². The van der Waals surface area contributed by atoms with Crippen molar-refractivity contribution in [3.05, 3.63) is 42.2 Å². The van der Waals surface area contributed by atoms with Crippen LogP contribution < -0.4 is 5.32 Å². The molecule has 0 aliphatic carbocycles. The Morgan fingerprint density at radius 3 is 2.37 bits per heavy atom. The van der Waals surface area contributed by atoms with Gasteiger partial charge in [0.05, 0.1) is 0 Å². The molecule has 1 N–H and O–H groups in total. The third kappa shape index (κ3) is 2.35. The number of piperidine rings is 1. The van der Waals surface area contributed by atoms with Crippen molar-refractivity contribution < 1.29 is 9.18 Å². The van der Waals surface area contributed by atoms with Crippen LogP contribution >= 0.6 is 0 Å². The molecule has 3 rings (SSSR count). The lowest BCUT2D eigenvalue weighted by atomic mass is 9.99. The summed E-state index contributed by atoms with van der Waals surface area (Å²) in [5.41, 5.74) is 1.88. The van der Waals surface area contributed by atoms with Crippen LogP contribution in [0.4, 0.5) is 14.9 Å². The summed E-state index contributed by atoms with van der Waals surface area (Å²) in [4.78, 5) is 14.3. The minimum Gasteiger partial charge on any atom is -0.318 e. The quantitative estimate of drug-likeness (QED) is 0.770. The van der Waals surface area contributed by atoms with Crippen molar-refractivity contribution in [2.75, 3.05) is 5.32 Å². The average Bonchev–Trinajstić information content (AvgIpc) is 2.65. The van der Waals surface area contributed by atoms with Gasteiger partial charge in [0.1, 0.15) is 5.82 Å². The van der Waals surface area contributed by atoms with E-state index in [2.05, 4.69) is 11.9 Å². The van der Waals surface area contributed by atoms with Gasteiger partial charge >= 0.3 is 6.03 Å². The highest BCUT2D eigenvalue weighted by Crippen LogP contribution is 2.37. The molecule has 1 aromatic carbocycles. The molecule has 2 amide bonds. The molecule has 100 valence electrons. The van der Waals surface area contributed by atoms with Gasteiger partial charge in [-0.1, -0.05) is 12.2 Å². The van der Waals surface area contributed by atoms with Crippen LogP contribution in [-0.4, -0.2) is 23.0 Å². The van der Waals surface area contributed by atoms with E-state index in [0.29, 0.717) is 5.69 Å². The molecule has 4 heteroatoms. The third-order valence-electron chi connectivity index (χ3n) is 4.00. The summed E-state index contributed by atoms with van der Waals surface area (Å²) in [7, 11) is 0. The number of anilines is 1. The summed E-state index contributed by atoms with van der Waals surface area (Å²) in [5.74, 6) is -0.299. The first-order valence-corrected chi connectivity index (χ1v) is 6.65. The highest BCUT2D eigenvalue weighted by Gasteiger charge is 2.40. The monoisotopic (exact) mass is 260 g/mol. The first kappa shape index (κ1) is 12.2. The summed E-state index contributed by atoms with van der Waals surface area (Å²) in [5, 5.41) is 2.85. The second-order valence-corrected chi connectivity index (χ2v) is 5.39. The number of halogens is 1. The van der Waals surface area contributed by atoms with Gasteiger partial charge in [0.15, 0.2) is 0 Å². The van der Waals surface area contributed by atoms with Crippen LogP contribution in [0.5, 0.6) is 0 Å². The number of nitrogens with zero attached hydrogens (tertiary/aromatic N) is 1. The van der Waals surface area contributed by atoms with E-state index in [4.69, 9.17) is 0 Å². The predicted molar refractivity (Wildman–Crippen MR) is 72.4 cm³/mol. The Hall–Kier alpha value is -1.84. The normalized spacial score (nSPS) is 25.5. The number of nitrogens with one attached hydrogen (secondary N) is 1. The first-order valence-electron chi connectivity index (χ1n) is 6.65. The minimum absolute atomic E-state index is 0.0772. The van der Waals surface area contributed by atoms with Crippen molar-refractivity contribution in [3.8, 4) is 0 Å². The number of hydrogen-bond donors (Lipinski definition) is 1. The molecule has 2 atom stereocenters. The molecule has 2 heterocycles. The van der Waals surface area contributed by atoms with Crippen LogP contribution in [0.3, 0.4) is 0 Å². The molecule has 2 aliphatic rings. The molecule has 0 radical (unpaired) electrons.